The van der Waals surface area contributed by atoms with Crippen molar-refractivity contribution in [2.24, 2.45) is 0 Å². The molecule has 4 rings (SSSR count). The molecule has 0 radical (unpaired) electrons. The van der Waals surface area contributed by atoms with Gasteiger partial charge in [-0.2, -0.15) is 0 Å². The van der Waals surface area contributed by atoms with Crippen molar-refractivity contribution in [1.82, 2.24) is 15.0 Å². The maximum atomic E-state index is 13.0. The van der Waals surface area contributed by atoms with Crippen LogP contribution >= 0.6 is 0 Å². The van der Waals surface area contributed by atoms with E-state index in [0.29, 0.717) is 5.56 Å². The average Bonchev–Trinajstić information content (AvgIpc) is 2.82. The lowest BCUT2D eigenvalue weighted by Gasteiger charge is -2.11. The number of carbonyl (C=O) groups is 1. The van der Waals surface area contributed by atoms with Gasteiger partial charge >= 0.3 is 0 Å². The largest absolute Gasteiger partial charge is 0.348 e. The Hall–Kier alpha value is -3.55. The second kappa shape index (κ2) is 8.67. The molecule has 0 atom stereocenters. The summed E-state index contributed by atoms with van der Waals surface area (Å²) >= 11 is 0. The second-order valence-electron chi connectivity index (χ2n) is 6.97. The zero-order chi connectivity index (χ0) is 21.8. The Morgan fingerprint density at radius 3 is 2.29 bits per heavy atom. The average molecular weight is 432 g/mol. The molecule has 0 aliphatic heterocycles. The number of sulfonamides is 1. The van der Waals surface area contributed by atoms with Crippen molar-refractivity contribution < 1.29 is 13.2 Å². The first kappa shape index (κ1) is 20.7. The van der Waals surface area contributed by atoms with Crippen LogP contribution in [0.15, 0.2) is 89.8 Å². The molecule has 1 amide bonds. The van der Waals surface area contributed by atoms with Crippen LogP contribution in [0.3, 0.4) is 0 Å². The minimum Gasteiger partial charge on any atom is -0.348 e. The zero-order valence-corrected chi connectivity index (χ0v) is 17.7. The molecule has 0 aliphatic carbocycles. The van der Waals surface area contributed by atoms with Crippen LogP contribution in [-0.2, 0) is 16.6 Å². The molecule has 3 aromatic carbocycles. The monoisotopic (exact) mass is 431 g/mol. The number of pyridine rings is 1. The van der Waals surface area contributed by atoms with E-state index < -0.39 is 10.0 Å². The van der Waals surface area contributed by atoms with Gasteiger partial charge in [-0.05, 0) is 36.9 Å². The number of para-hydroxylation sites is 1. The van der Waals surface area contributed by atoms with Gasteiger partial charge in [0.25, 0.3) is 5.91 Å². The Balaban J connectivity index is 1.60. The first-order valence-electron chi connectivity index (χ1n) is 9.74. The fourth-order valence-electron chi connectivity index (χ4n) is 3.30. The molecular formula is C24H21N3O3S. The third-order valence-electron chi connectivity index (χ3n) is 4.99. The molecule has 156 valence electrons. The Kier molecular flexibility index (Phi) is 5.79. The summed E-state index contributed by atoms with van der Waals surface area (Å²) in [4.78, 5) is 17.9. The van der Waals surface area contributed by atoms with E-state index in [1.54, 1.807) is 18.2 Å². The summed E-state index contributed by atoms with van der Waals surface area (Å²) in [6.45, 7) is 0.274. The molecule has 0 fully saturated rings. The van der Waals surface area contributed by atoms with Gasteiger partial charge in [-0.3, -0.25) is 4.79 Å². The van der Waals surface area contributed by atoms with Crippen molar-refractivity contribution in [2.45, 2.75) is 11.4 Å². The highest BCUT2D eigenvalue weighted by atomic mass is 32.2. The molecule has 1 aromatic heterocycles. The molecule has 0 bridgehead atoms. The van der Waals surface area contributed by atoms with Crippen LogP contribution in [-0.4, -0.2) is 26.4 Å². The fourth-order valence-corrected chi connectivity index (χ4v) is 4.03. The van der Waals surface area contributed by atoms with E-state index in [2.05, 4.69) is 10.0 Å². The van der Waals surface area contributed by atoms with Gasteiger partial charge in [-0.25, -0.2) is 18.1 Å². The smallest absolute Gasteiger partial charge is 0.252 e. The number of hydrogen-bond donors (Lipinski definition) is 2. The number of benzene rings is 3. The number of carbonyl (C=O) groups excluding carboxylic acids is 1. The van der Waals surface area contributed by atoms with Crippen LogP contribution in [0.1, 0.15) is 15.9 Å². The fraction of sp³-hybridized carbons (Fsp3) is 0.0833. The number of aromatic nitrogens is 1. The lowest BCUT2D eigenvalue weighted by Crippen LogP contribution is -2.23. The maximum absolute atomic E-state index is 13.0. The quantitative estimate of drug-likeness (QED) is 0.487. The number of hydrogen-bond acceptors (Lipinski definition) is 4. The Morgan fingerprint density at radius 2 is 1.58 bits per heavy atom. The molecule has 1 heterocycles. The lowest BCUT2D eigenvalue weighted by molar-refractivity contribution is 0.0952. The van der Waals surface area contributed by atoms with E-state index in [9.17, 15) is 13.2 Å². The highest BCUT2D eigenvalue weighted by Crippen LogP contribution is 2.25. The van der Waals surface area contributed by atoms with E-state index in [0.717, 1.165) is 27.7 Å². The first-order valence-corrected chi connectivity index (χ1v) is 11.2. The normalized spacial score (nSPS) is 11.4. The predicted molar refractivity (Wildman–Crippen MR) is 121 cm³/mol. The Bertz CT molecular complexity index is 1340. The van der Waals surface area contributed by atoms with E-state index >= 15 is 0 Å². The van der Waals surface area contributed by atoms with Crippen molar-refractivity contribution in [3.8, 4) is 11.3 Å². The van der Waals surface area contributed by atoms with E-state index in [1.165, 1.54) is 19.2 Å². The summed E-state index contributed by atoms with van der Waals surface area (Å²) in [5.41, 5.74) is 3.74. The summed E-state index contributed by atoms with van der Waals surface area (Å²) in [6, 6.07) is 25.5. The standard InChI is InChI=1S/C24H21N3O3S/c1-25-31(29,30)19-13-11-17(12-14-19)16-26-24(28)21-15-23(18-7-3-2-4-8-18)27-22-10-6-5-9-20(21)22/h2-15,25H,16H2,1H3,(H,26,28). The maximum Gasteiger partial charge on any atom is 0.252 e. The molecule has 6 nitrogen and oxygen atoms in total. The molecule has 7 heteroatoms. The van der Waals surface area contributed by atoms with Crippen molar-refractivity contribution in [2.75, 3.05) is 7.05 Å². The lowest BCUT2D eigenvalue weighted by atomic mass is 10.0. The highest BCUT2D eigenvalue weighted by Gasteiger charge is 2.14. The molecule has 2 N–H and O–H groups in total. The van der Waals surface area contributed by atoms with Crippen LogP contribution < -0.4 is 10.0 Å². The Morgan fingerprint density at radius 1 is 0.903 bits per heavy atom. The van der Waals surface area contributed by atoms with Gasteiger partial charge in [0, 0.05) is 17.5 Å². The van der Waals surface area contributed by atoms with Crippen LogP contribution in [0.5, 0.6) is 0 Å². The minimum atomic E-state index is -3.49. The van der Waals surface area contributed by atoms with Crippen molar-refractivity contribution >= 4 is 26.8 Å². The third-order valence-corrected chi connectivity index (χ3v) is 6.42. The second-order valence-corrected chi connectivity index (χ2v) is 8.86. The highest BCUT2D eigenvalue weighted by molar-refractivity contribution is 7.89. The van der Waals surface area contributed by atoms with Gasteiger partial charge in [0.1, 0.15) is 0 Å². The van der Waals surface area contributed by atoms with Gasteiger partial charge < -0.3 is 5.32 Å². The number of amides is 1. The SMILES string of the molecule is CNS(=O)(=O)c1ccc(CNC(=O)c2cc(-c3ccccc3)nc3ccccc23)cc1. The number of rotatable bonds is 6. The van der Waals surface area contributed by atoms with Gasteiger partial charge in [0.05, 0.1) is 21.7 Å². The third kappa shape index (κ3) is 4.47. The van der Waals surface area contributed by atoms with Crippen molar-refractivity contribution in [3.05, 3.63) is 96.1 Å². The molecule has 0 saturated heterocycles. The van der Waals surface area contributed by atoms with E-state index in [-0.39, 0.29) is 17.3 Å². The number of nitrogens with one attached hydrogen (secondary N) is 2. The minimum absolute atomic E-state index is 0.178. The molecule has 31 heavy (non-hydrogen) atoms. The Labute approximate surface area is 181 Å². The first-order chi connectivity index (χ1) is 15.0. The summed E-state index contributed by atoms with van der Waals surface area (Å²) < 4.78 is 26.0. The van der Waals surface area contributed by atoms with Crippen molar-refractivity contribution in [3.63, 3.8) is 0 Å². The van der Waals surface area contributed by atoms with Crippen LogP contribution in [0.25, 0.3) is 22.2 Å². The molecule has 4 aromatic rings. The van der Waals surface area contributed by atoms with Crippen LogP contribution in [0.2, 0.25) is 0 Å². The summed E-state index contributed by atoms with van der Waals surface area (Å²) in [7, 11) is -2.12. The molecule has 0 aliphatic rings. The number of nitrogens with zero attached hydrogens (tertiary/aromatic N) is 1. The van der Waals surface area contributed by atoms with E-state index in [4.69, 9.17) is 4.98 Å². The van der Waals surface area contributed by atoms with Crippen molar-refractivity contribution in [1.29, 1.82) is 0 Å². The summed E-state index contributed by atoms with van der Waals surface area (Å²) in [5.74, 6) is -0.220. The van der Waals surface area contributed by atoms with Crippen LogP contribution in [0, 0.1) is 0 Å². The summed E-state index contributed by atoms with van der Waals surface area (Å²) in [6.07, 6.45) is 0. The topological polar surface area (TPSA) is 88.2 Å². The van der Waals surface area contributed by atoms with Crippen LogP contribution in [0.4, 0.5) is 0 Å². The van der Waals surface area contributed by atoms with Gasteiger partial charge in [0.2, 0.25) is 10.0 Å². The van der Waals surface area contributed by atoms with Gasteiger partial charge in [-0.15, -0.1) is 0 Å². The molecule has 0 unspecified atom stereocenters. The zero-order valence-electron chi connectivity index (χ0n) is 16.9. The number of fused-ring (bicyclic) bond motifs is 1. The summed E-state index contributed by atoms with van der Waals surface area (Å²) in [5, 5.41) is 3.70. The molecule has 0 saturated carbocycles. The molecular weight excluding hydrogens is 410 g/mol. The van der Waals surface area contributed by atoms with E-state index in [1.807, 2.05) is 54.6 Å². The van der Waals surface area contributed by atoms with Gasteiger partial charge in [0.15, 0.2) is 0 Å². The molecule has 0 spiro atoms. The van der Waals surface area contributed by atoms with Gasteiger partial charge in [-0.1, -0.05) is 60.7 Å². The predicted octanol–water partition coefficient (Wildman–Crippen LogP) is 3.74.